The molecule has 3 rings (SSSR count). The number of aromatic nitrogens is 1. The number of nitrogens with zero attached hydrogens (tertiary/aromatic N) is 2. The first-order valence-electron chi connectivity index (χ1n) is 7.03. The van der Waals surface area contributed by atoms with Crippen molar-refractivity contribution in [3.8, 4) is 10.6 Å². The topological polar surface area (TPSA) is 16.1 Å². The van der Waals surface area contributed by atoms with Gasteiger partial charge < -0.3 is 4.90 Å². The molecule has 0 amide bonds. The maximum atomic E-state index is 5.80. The molecule has 2 aromatic rings. The highest BCUT2D eigenvalue weighted by molar-refractivity contribution is 7.13. The van der Waals surface area contributed by atoms with Gasteiger partial charge in [0.25, 0.3) is 0 Å². The number of thiazole rings is 1. The van der Waals surface area contributed by atoms with Crippen molar-refractivity contribution in [3.63, 3.8) is 0 Å². The van der Waals surface area contributed by atoms with Crippen molar-refractivity contribution < 1.29 is 0 Å². The summed E-state index contributed by atoms with van der Waals surface area (Å²) in [6.07, 6.45) is 2.83. The van der Waals surface area contributed by atoms with E-state index in [1.807, 2.05) is 5.38 Å². The van der Waals surface area contributed by atoms with Crippen molar-refractivity contribution in [1.29, 1.82) is 0 Å². The quantitative estimate of drug-likeness (QED) is 0.736. The Bertz CT molecular complexity index is 560. The molecule has 1 saturated carbocycles. The van der Waals surface area contributed by atoms with Crippen molar-refractivity contribution in [2.75, 3.05) is 13.6 Å². The van der Waals surface area contributed by atoms with Gasteiger partial charge in [-0.2, -0.15) is 0 Å². The van der Waals surface area contributed by atoms with E-state index in [0.29, 0.717) is 5.88 Å². The average Bonchev–Trinajstić information content (AvgIpc) is 3.13. The van der Waals surface area contributed by atoms with Crippen molar-refractivity contribution in [3.05, 3.63) is 40.9 Å². The number of rotatable bonds is 6. The molecule has 1 aromatic heterocycles. The summed E-state index contributed by atoms with van der Waals surface area (Å²) in [5.74, 6) is 1.43. The van der Waals surface area contributed by atoms with E-state index in [4.69, 9.17) is 11.6 Å². The monoisotopic (exact) mass is 306 g/mol. The summed E-state index contributed by atoms with van der Waals surface area (Å²) in [6, 6.07) is 8.75. The lowest BCUT2D eigenvalue weighted by atomic mass is 10.1. The molecule has 1 aliphatic carbocycles. The summed E-state index contributed by atoms with van der Waals surface area (Å²) in [5, 5.41) is 3.08. The van der Waals surface area contributed by atoms with Crippen LogP contribution in [0.25, 0.3) is 10.6 Å². The molecule has 0 bridgehead atoms. The predicted octanol–water partition coefficient (Wildman–Crippen LogP) is 4.39. The first kappa shape index (κ1) is 14.1. The zero-order valence-corrected chi connectivity index (χ0v) is 13.3. The van der Waals surface area contributed by atoms with Gasteiger partial charge >= 0.3 is 0 Å². The number of hydrogen-bond acceptors (Lipinski definition) is 3. The van der Waals surface area contributed by atoms with Crippen LogP contribution in [0.3, 0.4) is 0 Å². The lowest BCUT2D eigenvalue weighted by molar-refractivity contribution is 0.313. The summed E-state index contributed by atoms with van der Waals surface area (Å²) in [6.45, 7) is 2.26. The van der Waals surface area contributed by atoms with Crippen LogP contribution < -0.4 is 0 Å². The van der Waals surface area contributed by atoms with Gasteiger partial charge in [0.1, 0.15) is 5.01 Å². The van der Waals surface area contributed by atoms with Crippen molar-refractivity contribution >= 4 is 22.9 Å². The Hall–Kier alpha value is -0.900. The Kier molecular flexibility index (Phi) is 4.39. The minimum absolute atomic E-state index is 0.487. The van der Waals surface area contributed by atoms with Crippen molar-refractivity contribution in [2.24, 2.45) is 5.92 Å². The predicted molar refractivity (Wildman–Crippen MR) is 86.2 cm³/mol. The Morgan fingerprint density at radius 1 is 1.30 bits per heavy atom. The maximum Gasteiger partial charge on any atom is 0.123 e. The zero-order valence-electron chi connectivity index (χ0n) is 11.7. The van der Waals surface area contributed by atoms with E-state index < -0.39 is 0 Å². The fraction of sp³-hybridized carbons (Fsp3) is 0.438. The van der Waals surface area contributed by atoms with E-state index in [1.165, 1.54) is 30.5 Å². The second-order valence-electron chi connectivity index (χ2n) is 5.61. The van der Waals surface area contributed by atoms with Crippen LogP contribution in [-0.2, 0) is 12.4 Å². The summed E-state index contributed by atoms with van der Waals surface area (Å²) in [4.78, 5) is 6.93. The number of benzene rings is 1. The number of hydrogen-bond donors (Lipinski definition) is 0. The molecule has 0 unspecified atom stereocenters. The third-order valence-electron chi connectivity index (χ3n) is 3.61. The van der Waals surface area contributed by atoms with Gasteiger partial charge in [0.05, 0.1) is 11.6 Å². The highest BCUT2D eigenvalue weighted by atomic mass is 35.5. The normalized spacial score (nSPS) is 14.9. The largest absolute Gasteiger partial charge is 0.302 e. The Morgan fingerprint density at radius 3 is 2.65 bits per heavy atom. The maximum absolute atomic E-state index is 5.80. The van der Waals surface area contributed by atoms with Crippen LogP contribution in [0.2, 0.25) is 0 Å². The van der Waals surface area contributed by atoms with Crippen LogP contribution in [-0.4, -0.2) is 23.5 Å². The van der Waals surface area contributed by atoms with Gasteiger partial charge in [0, 0.05) is 24.0 Å². The van der Waals surface area contributed by atoms with E-state index in [1.54, 1.807) is 11.3 Å². The van der Waals surface area contributed by atoms with E-state index in [9.17, 15) is 0 Å². The molecule has 0 spiro atoms. The second kappa shape index (κ2) is 6.25. The average molecular weight is 307 g/mol. The first-order chi connectivity index (χ1) is 9.74. The van der Waals surface area contributed by atoms with Crippen LogP contribution in [0.5, 0.6) is 0 Å². The van der Waals surface area contributed by atoms with Crippen LogP contribution in [0, 0.1) is 5.92 Å². The van der Waals surface area contributed by atoms with Crippen LogP contribution in [0.1, 0.15) is 24.1 Å². The fourth-order valence-electron chi connectivity index (χ4n) is 2.37. The van der Waals surface area contributed by atoms with Gasteiger partial charge in [-0.25, -0.2) is 4.98 Å². The molecule has 4 heteroatoms. The molecule has 1 heterocycles. The van der Waals surface area contributed by atoms with Crippen LogP contribution in [0.4, 0.5) is 0 Å². The number of halogens is 1. The number of alkyl halides is 1. The van der Waals surface area contributed by atoms with Gasteiger partial charge in [-0.1, -0.05) is 24.3 Å². The highest BCUT2D eigenvalue weighted by Gasteiger charge is 2.22. The highest BCUT2D eigenvalue weighted by Crippen LogP contribution is 2.30. The first-order valence-corrected chi connectivity index (χ1v) is 8.44. The SMILES string of the molecule is CN(Cc1ccc(-c2nc(CCl)cs2)cc1)CC1CC1. The molecule has 20 heavy (non-hydrogen) atoms. The van der Waals surface area contributed by atoms with Crippen LogP contribution in [0.15, 0.2) is 29.6 Å². The summed E-state index contributed by atoms with van der Waals surface area (Å²) in [7, 11) is 2.21. The Labute approximate surface area is 129 Å². The van der Waals surface area contributed by atoms with E-state index in [2.05, 4.69) is 41.2 Å². The summed E-state index contributed by atoms with van der Waals surface area (Å²) >= 11 is 7.45. The molecule has 2 nitrogen and oxygen atoms in total. The molecule has 0 atom stereocenters. The van der Waals surface area contributed by atoms with E-state index in [0.717, 1.165) is 23.2 Å². The zero-order chi connectivity index (χ0) is 13.9. The Morgan fingerprint density at radius 2 is 2.05 bits per heavy atom. The summed E-state index contributed by atoms with van der Waals surface area (Å²) in [5.41, 5.74) is 3.51. The van der Waals surface area contributed by atoms with Gasteiger partial charge in [-0.3, -0.25) is 0 Å². The fourth-order valence-corrected chi connectivity index (χ4v) is 3.43. The third-order valence-corrected chi connectivity index (χ3v) is 4.82. The lowest BCUT2D eigenvalue weighted by Gasteiger charge is -2.16. The van der Waals surface area contributed by atoms with Crippen molar-refractivity contribution in [2.45, 2.75) is 25.3 Å². The Balaban J connectivity index is 1.64. The molecule has 0 radical (unpaired) electrons. The molecule has 1 aromatic carbocycles. The van der Waals surface area contributed by atoms with E-state index in [-0.39, 0.29) is 0 Å². The minimum atomic E-state index is 0.487. The molecular formula is C16H19ClN2S. The molecule has 0 aliphatic heterocycles. The molecule has 106 valence electrons. The van der Waals surface area contributed by atoms with Gasteiger partial charge in [0.2, 0.25) is 0 Å². The molecule has 1 fully saturated rings. The second-order valence-corrected chi connectivity index (χ2v) is 6.74. The van der Waals surface area contributed by atoms with Gasteiger partial charge in [-0.15, -0.1) is 22.9 Å². The minimum Gasteiger partial charge on any atom is -0.302 e. The standard InChI is InChI=1S/C16H19ClN2S/c1-19(9-12-2-3-12)10-13-4-6-14(7-5-13)16-18-15(8-17)11-20-16/h4-7,11-12H,2-3,8-10H2,1H3. The molecule has 1 aliphatic rings. The lowest BCUT2D eigenvalue weighted by Crippen LogP contribution is -2.20. The van der Waals surface area contributed by atoms with Gasteiger partial charge in [0.15, 0.2) is 0 Å². The smallest absolute Gasteiger partial charge is 0.123 e. The van der Waals surface area contributed by atoms with Crippen molar-refractivity contribution in [1.82, 2.24) is 9.88 Å². The third kappa shape index (κ3) is 3.60. The van der Waals surface area contributed by atoms with E-state index >= 15 is 0 Å². The molecule has 0 N–H and O–H groups in total. The molecule has 0 saturated heterocycles. The summed E-state index contributed by atoms with van der Waals surface area (Å²) < 4.78 is 0. The van der Waals surface area contributed by atoms with Crippen LogP contribution >= 0.6 is 22.9 Å². The molecular weight excluding hydrogens is 288 g/mol. The van der Waals surface area contributed by atoms with Gasteiger partial charge in [-0.05, 0) is 31.4 Å².